The molecule has 0 saturated carbocycles. The number of carbonyl (C=O) groups is 2. The predicted molar refractivity (Wildman–Crippen MR) is 123 cm³/mol. The Balaban J connectivity index is 1.81. The second kappa shape index (κ2) is 10.4. The molecule has 3 rings (SSSR count). The lowest BCUT2D eigenvalue weighted by Crippen LogP contribution is -2.54. The topological polar surface area (TPSA) is 144 Å². The lowest BCUT2D eigenvalue weighted by molar-refractivity contribution is -0.128. The quantitative estimate of drug-likeness (QED) is 0.362. The molecule has 0 aromatic heterocycles. The Morgan fingerprint density at radius 1 is 0.875 bits per heavy atom. The summed E-state index contributed by atoms with van der Waals surface area (Å²) in [5.41, 5.74) is 11.9. The van der Waals surface area contributed by atoms with Crippen LogP contribution in [-0.2, 0) is 26.0 Å². The average molecular weight is 455 g/mol. The molecule has 3 aromatic rings. The fourth-order valence-corrected chi connectivity index (χ4v) is 4.90. The van der Waals surface area contributed by atoms with Crippen LogP contribution in [0.4, 0.5) is 0 Å². The molecule has 0 heterocycles. The average Bonchev–Trinajstić information content (AvgIpc) is 2.78. The van der Waals surface area contributed by atoms with E-state index in [1.54, 1.807) is 30.3 Å². The summed E-state index contributed by atoms with van der Waals surface area (Å²) in [6.07, 6.45) is 0.236. The minimum Gasteiger partial charge on any atom is -0.368 e. The second-order valence-electron chi connectivity index (χ2n) is 7.38. The van der Waals surface area contributed by atoms with Crippen LogP contribution in [0.1, 0.15) is 12.0 Å². The van der Waals surface area contributed by atoms with Crippen molar-refractivity contribution >= 4 is 32.6 Å². The van der Waals surface area contributed by atoms with Crippen LogP contribution in [-0.4, -0.2) is 38.9 Å². The first-order valence-corrected chi connectivity index (χ1v) is 11.6. The van der Waals surface area contributed by atoms with Crippen LogP contribution < -0.4 is 21.5 Å². The lowest BCUT2D eigenvalue weighted by atomic mass is 10.0. The zero-order valence-electron chi connectivity index (χ0n) is 17.4. The first kappa shape index (κ1) is 23.4. The maximum absolute atomic E-state index is 13.1. The van der Waals surface area contributed by atoms with Gasteiger partial charge in [-0.05, 0) is 30.0 Å². The molecule has 8 nitrogen and oxygen atoms in total. The number of nitrogens with one attached hydrogen (secondary N) is 2. The maximum Gasteiger partial charge on any atom is 0.241 e. The molecule has 0 saturated heterocycles. The van der Waals surface area contributed by atoms with Crippen molar-refractivity contribution in [3.05, 3.63) is 78.4 Å². The Bertz CT molecular complexity index is 1190. The highest BCUT2D eigenvalue weighted by molar-refractivity contribution is 7.89. The van der Waals surface area contributed by atoms with Crippen molar-refractivity contribution < 1.29 is 18.0 Å². The minimum absolute atomic E-state index is 0.0483. The molecule has 2 amide bonds. The third-order valence-electron chi connectivity index (χ3n) is 5.05. The highest BCUT2D eigenvalue weighted by Gasteiger charge is 2.29. The van der Waals surface area contributed by atoms with Crippen LogP contribution in [0, 0.1) is 0 Å². The SMILES string of the molecule is NCC[C@H](NS(=O)(=O)c1cccc2ccccc12)C(=O)N[C@@H](Cc1ccccc1)C(N)=O. The molecule has 6 N–H and O–H groups in total. The number of carbonyl (C=O) groups excluding carboxylic acids is 2. The van der Waals surface area contributed by atoms with Gasteiger partial charge >= 0.3 is 0 Å². The number of rotatable bonds is 10. The molecule has 0 bridgehead atoms. The Hall–Kier alpha value is -3.27. The van der Waals surface area contributed by atoms with Crippen molar-refractivity contribution in [2.75, 3.05) is 6.54 Å². The molecule has 0 fully saturated rings. The summed E-state index contributed by atoms with van der Waals surface area (Å²) >= 11 is 0. The van der Waals surface area contributed by atoms with Gasteiger partial charge in [-0.1, -0.05) is 66.7 Å². The van der Waals surface area contributed by atoms with Gasteiger partial charge in [0.25, 0.3) is 0 Å². The van der Waals surface area contributed by atoms with Crippen LogP contribution in [0.25, 0.3) is 10.8 Å². The highest BCUT2D eigenvalue weighted by Crippen LogP contribution is 2.23. The van der Waals surface area contributed by atoms with Gasteiger partial charge in [0.15, 0.2) is 0 Å². The summed E-state index contributed by atoms with van der Waals surface area (Å²) < 4.78 is 28.7. The minimum atomic E-state index is -4.05. The predicted octanol–water partition coefficient (Wildman–Crippen LogP) is 1.05. The monoisotopic (exact) mass is 454 g/mol. The largest absolute Gasteiger partial charge is 0.368 e. The number of nitrogens with two attached hydrogens (primary N) is 2. The third-order valence-corrected chi connectivity index (χ3v) is 6.58. The van der Waals surface area contributed by atoms with Crippen molar-refractivity contribution in [1.29, 1.82) is 0 Å². The summed E-state index contributed by atoms with van der Waals surface area (Å²) in [4.78, 5) is 24.9. The lowest BCUT2D eigenvalue weighted by Gasteiger charge is -2.22. The summed E-state index contributed by atoms with van der Waals surface area (Å²) in [7, 11) is -4.05. The van der Waals surface area contributed by atoms with Crippen molar-refractivity contribution in [2.45, 2.75) is 29.8 Å². The molecule has 168 valence electrons. The molecule has 0 aliphatic rings. The van der Waals surface area contributed by atoms with E-state index in [4.69, 9.17) is 11.5 Å². The Labute approximate surface area is 187 Å². The van der Waals surface area contributed by atoms with Gasteiger partial charge in [-0.15, -0.1) is 0 Å². The fraction of sp³-hybridized carbons (Fsp3) is 0.217. The number of hydrogen-bond donors (Lipinski definition) is 4. The van der Waals surface area contributed by atoms with Gasteiger partial charge in [-0.2, -0.15) is 4.72 Å². The molecule has 32 heavy (non-hydrogen) atoms. The van der Waals surface area contributed by atoms with Gasteiger partial charge in [0.2, 0.25) is 21.8 Å². The number of amides is 2. The van der Waals surface area contributed by atoms with Gasteiger partial charge < -0.3 is 16.8 Å². The summed E-state index contributed by atoms with van der Waals surface area (Å²) in [5, 5.41) is 3.86. The van der Waals surface area contributed by atoms with E-state index in [0.29, 0.717) is 5.39 Å². The third kappa shape index (κ3) is 5.70. The van der Waals surface area contributed by atoms with E-state index >= 15 is 0 Å². The highest BCUT2D eigenvalue weighted by atomic mass is 32.2. The van der Waals surface area contributed by atoms with E-state index in [1.807, 2.05) is 36.4 Å². The van der Waals surface area contributed by atoms with Crippen LogP contribution in [0.15, 0.2) is 77.7 Å². The summed E-state index contributed by atoms with van der Waals surface area (Å²) in [6, 6.07) is 18.9. The molecular weight excluding hydrogens is 428 g/mol. The van der Waals surface area contributed by atoms with Gasteiger partial charge in [-0.25, -0.2) is 8.42 Å². The maximum atomic E-state index is 13.1. The fourth-order valence-electron chi connectivity index (χ4n) is 3.44. The molecule has 0 aliphatic heterocycles. The first-order valence-electron chi connectivity index (χ1n) is 10.2. The smallest absolute Gasteiger partial charge is 0.241 e. The van der Waals surface area contributed by atoms with E-state index in [0.717, 1.165) is 10.9 Å². The molecule has 0 radical (unpaired) electrons. The Morgan fingerprint density at radius 2 is 1.53 bits per heavy atom. The van der Waals surface area contributed by atoms with Crippen molar-refractivity contribution in [3.8, 4) is 0 Å². The number of benzene rings is 3. The molecule has 0 aliphatic carbocycles. The molecule has 0 unspecified atom stereocenters. The van der Waals surface area contributed by atoms with Gasteiger partial charge in [0.1, 0.15) is 12.1 Å². The molecular formula is C23H26N4O4S. The Morgan fingerprint density at radius 3 is 2.22 bits per heavy atom. The van der Waals surface area contributed by atoms with Crippen molar-refractivity contribution in [1.82, 2.24) is 10.0 Å². The normalized spacial score (nSPS) is 13.4. The zero-order valence-corrected chi connectivity index (χ0v) is 18.2. The van der Waals surface area contributed by atoms with Crippen molar-refractivity contribution in [2.24, 2.45) is 11.5 Å². The Kier molecular flexibility index (Phi) is 7.57. The summed E-state index contributed by atoms with van der Waals surface area (Å²) in [6.45, 7) is 0.0655. The van der Waals surface area contributed by atoms with Gasteiger partial charge in [0.05, 0.1) is 4.90 Å². The van der Waals surface area contributed by atoms with E-state index < -0.39 is 33.9 Å². The van der Waals surface area contributed by atoms with Crippen LogP contribution in [0.2, 0.25) is 0 Å². The van der Waals surface area contributed by atoms with E-state index in [9.17, 15) is 18.0 Å². The standard InChI is InChI=1S/C23H26N4O4S/c24-14-13-19(23(29)26-20(22(25)28)15-16-7-2-1-3-8-16)27-32(30,31)21-12-6-10-17-9-4-5-11-18(17)21/h1-12,19-20,27H,13-15,24H2,(H2,25,28)(H,26,29)/t19-,20-/m0/s1. The number of hydrogen-bond acceptors (Lipinski definition) is 5. The van der Waals surface area contributed by atoms with Crippen LogP contribution in [0.3, 0.4) is 0 Å². The molecule has 0 spiro atoms. The number of primary amides is 1. The van der Waals surface area contributed by atoms with Crippen LogP contribution >= 0.6 is 0 Å². The summed E-state index contributed by atoms with van der Waals surface area (Å²) in [5.74, 6) is -1.38. The van der Waals surface area contributed by atoms with E-state index in [2.05, 4.69) is 10.0 Å². The number of sulfonamides is 1. The zero-order chi connectivity index (χ0) is 23.1. The van der Waals surface area contributed by atoms with E-state index in [1.165, 1.54) is 6.07 Å². The van der Waals surface area contributed by atoms with Gasteiger partial charge in [0, 0.05) is 11.8 Å². The van der Waals surface area contributed by atoms with Crippen LogP contribution in [0.5, 0.6) is 0 Å². The number of fused-ring (bicyclic) bond motifs is 1. The van der Waals surface area contributed by atoms with Crippen molar-refractivity contribution in [3.63, 3.8) is 0 Å². The van der Waals surface area contributed by atoms with Gasteiger partial charge in [-0.3, -0.25) is 9.59 Å². The van der Waals surface area contributed by atoms with E-state index in [-0.39, 0.29) is 24.3 Å². The second-order valence-corrected chi connectivity index (χ2v) is 9.06. The molecule has 3 aromatic carbocycles. The first-order chi connectivity index (χ1) is 15.3. The molecule has 2 atom stereocenters. The molecule has 9 heteroatoms.